The number of rotatable bonds is 15. The van der Waals surface area contributed by atoms with E-state index in [2.05, 4.69) is 33.8 Å². The predicted octanol–water partition coefficient (Wildman–Crippen LogP) is 4.32. The van der Waals surface area contributed by atoms with Gasteiger partial charge in [-0.1, -0.05) is 60.0 Å². The molecule has 0 spiro atoms. The predicted molar refractivity (Wildman–Crippen MR) is 190 cm³/mol. The normalized spacial score (nSPS) is 23.2. The first-order valence-electron chi connectivity index (χ1n) is 17.3. The summed E-state index contributed by atoms with van der Waals surface area (Å²) in [5.41, 5.74) is -1.46. The molecule has 4 unspecified atom stereocenters. The van der Waals surface area contributed by atoms with Crippen LogP contribution in [0.5, 0.6) is 0 Å². The van der Waals surface area contributed by atoms with Gasteiger partial charge in [0, 0.05) is 24.8 Å². The van der Waals surface area contributed by atoms with Gasteiger partial charge in [-0.3, -0.25) is 19.2 Å². The molecule has 12 heteroatoms. The number of carbonyl (C=O) groups is 5. The van der Waals surface area contributed by atoms with Gasteiger partial charge in [0.1, 0.15) is 17.8 Å². The van der Waals surface area contributed by atoms with Crippen LogP contribution >= 0.6 is 11.8 Å². The topological polar surface area (TPSA) is 150 Å². The van der Waals surface area contributed by atoms with E-state index in [1.54, 1.807) is 22.9 Å². The van der Waals surface area contributed by atoms with Crippen LogP contribution in [0, 0.1) is 29.1 Å². The maximum Gasteiger partial charge on any atom is 0.315 e. The second-order valence-electron chi connectivity index (χ2n) is 15.3. The van der Waals surface area contributed by atoms with Crippen molar-refractivity contribution in [2.75, 3.05) is 12.3 Å². The van der Waals surface area contributed by atoms with Crippen molar-refractivity contribution in [1.82, 2.24) is 26.2 Å². The highest BCUT2D eigenvalue weighted by molar-refractivity contribution is 7.98. The maximum atomic E-state index is 14.6. The smallest absolute Gasteiger partial charge is 0.315 e. The summed E-state index contributed by atoms with van der Waals surface area (Å²) in [4.78, 5) is 69.6. The number of Topliss-reactive ketones (excluding diaryl/α,β-unsaturated/α-hetero) is 1. The van der Waals surface area contributed by atoms with Crippen LogP contribution in [0.2, 0.25) is 0 Å². The Labute approximate surface area is 294 Å². The molecule has 2 saturated heterocycles. The summed E-state index contributed by atoms with van der Waals surface area (Å²) in [5.74, 6) is 2.10. The zero-order valence-corrected chi connectivity index (χ0v) is 30.4. The third-order valence-corrected chi connectivity index (χ3v) is 11.7. The van der Waals surface area contributed by atoms with E-state index < -0.39 is 52.7 Å². The van der Waals surface area contributed by atoms with E-state index in [0.717, 1.165) is 37.9 Å². The Bertz CT molecular complexity index is 1420. The van der Waals surface area contributed by atoms with Crippen molar-refractivity contribution in [3.63, 3.8) is 0 Å². The Morgan fingerprint density at radius 1 is 1.16 bits per heavy atom. The molecule has 1 aromatic rings. The molecule has 268 valence electrons. The van der Waals surface area contributed by atoms with E-state index in [1.165, 1.54) is 6.08 Å². The summed E-state index contributed by atoms with van der Waals surface area (Å²) in [6.45, 7) is 13.4. The summed E-state index contributed by atoms with van der Waals surface area (Å²) in [6, 6.07) is 0.211. The number of fused-ring (bicyclic) bond motifs is 1. The summed E-state index contributed by atoms with van der Waals surface area (Å²) in [6.07, 6.45) is 14.2. The lowest BCUT2D eigenvalue weighted by atomic mass is 9.61. The number of amides is 5. The summed E-state index contributed by atoms with van der Waals surface area (Å²) in [5, 5.41) is 11.5. The molecule has 0 aromatic carbocycles. The van der Waals surface area contributed by atoms with Crippen LogP contribution in [-0.4, -0.2) is 76.4 Å². The number of furan rings is 1. The van der Waals surface area contributed by atoms with Gasteiger partial charge in [0.25, 0.3) is 5.91 Å². The van der Waals surface area contributed by atoms with E-state index in [-0.39, 0.29) is 42.7 Å². The quantitative estimate of drug-likeness (QED) is 0.121. The van der Waals surface area contributed by atoms with Gasteiger partial charge in [0.2, 0.25) is 17.6 Å². The summed E-state index contributed by atoms with van der Waals surface area (Å²) < 4.78 is 5.49. The highest BCUT2D eigenvalue weighted by atomic mass is 32.2. The van der Waals surface area contributed by atoms with Crippen molar-refractivity contribution in [2.45, 2.75) is 121 Å². The SMILES string of the molecule is C#CCCC(NC(=O)C1C2CC(N1C(=O)[C@@H](NC(=O)NC1(CSCc3ccco3)CCCCC1)C(C)(C)C)C2(C)C)C(=O)C(=O)NCC=C. The molecule has 3 heterocycles. The molecule has 4 fully saturated rings. The molecule has 2 saturated carbocycles. The average Bonchev–Trinajstić information content (AvgIpc) is 3.78. The van der Waals surface area contributed by atoms with E-state index in [1.807, 2.05) is 46.8 Å². The molecule has 11 nitrogen and oxygen atoms in total. The van der Waals surface area contributed by atoms with Gasteiger partial charge in [-0.25, -0.2) is 4.79 Å². The summed E-state index contributed by atoms with van der Waals surface area (Å²) in [7, 11) is 0. The monoisotopic (exact) mass is 695 g/mol. The van der Waals surface area contributed by atoms with Crippen molar-refractivity contribution >= 4 is 41.3 Å². The van der Waals surface area contributed by atoms with Crippen LogP contribution in [0.25, 0.3) is 0 Å². The lowest BCUT2D eigenvalue weighted by molar-refractivity contribution is -0.144. The molecular weight excluding hydrogens is 643 g/mol. The van der Waals surface area contributed by atoms with Gasteiger partial charge < -0.3 is 30.6 Å². The average molecular weight is 696 g/mol. The molecular formula is C37H53N5O6S. The maximum absolute atomic E-state index is 14.6. The van der Waals surface area contributed by atoms with Crippen molar-refractivity contribution in [1.29, 1.82) is 0 Å². The molecule has 49 heavy (non-hydrogen) atoms. The number of urea groups is 1. The summed E-state index contributed by atoms with van der Waals surface area (Å²) >= 11 is 1.72. The number of ketones is 1. The molecule has 1 aromatic heterocycles. The van der Waals surface area contributed by atoms with Crippen LogP contribution in [0.1, 0.15) is 91.7 Å². The molecule has 5 rings (SSSR count). The van der Waals surface area contributed by atoms with Gasteiger partial charge in [-0.15, -0.1) is 18.9 Å². The molecule has 4 N–H and O–H groups in total. The third kappa shape index (κ3) is 8.72. The molecule has 2 aliphatic carbocycles. The first-order valence-corrected chi connectivity index (χ1v) is 18.5. The Morgan fingerprint density at radius 3 is 2.47 bits per heavy atom. The van der Waals surface area contributed by atoms with E-state index >= 15 is 0 Å². The van der Waals surface area contributed by atoms with Crippen LogP contribution in [0.4, 0.5) is 4.79 Å². The van der Waals surface area contributed by atoms with Gasteiger partial charge in [0.15, 0.2) is 0 Å². The fraction of sp³-hybridized carbons (Fsp3) is 0.649. The number of nitrogens with one attached hydrogen (secondary N) is 4. The lowest BCUT2D eigenvalue weighted by Crippen LogP contribution is -2.63. The Kier molecular flexibility index (Phi) is 12.3. The van der Waals surface area contributed by atoms with Crippen LogP contribution in [-0.2, 0) is 24.9 Å². The molecule has 2 aliphatic heterocycles. The molecule has 2 bridgehead atoms. The first-order chi connectivity index (χ1) is 23.1. The van der Waals surface area contributed by atoms with Crippen molar-refractivity contribution in [2.24, 2.45) is 16.7 Å². The fourth-order valence-electron chi connectivity index (χ4n) is 7.58. The van der Waals surface area contributed by atoms with Crippen LogP contribution < -0.4 is 21.3 Å². The van der Waals surface area contributed by atoms with E-state index in [4.69, 9.17) is 10.8 Å². The Balaban J connectivity index is 1.51. The van der Waals surface area contributed by atoms with Crippen molar-refractivity contribution < 1.29 is 28.4 Å². The fourth-order valence-corrected chi connectivity index (χ4v) is 8.79. The van der Waals surface area contributed by atoms with Gasteiger partial charge in [-0.05, 0) is 54.6 Å². The minimum absolute atomic E-state index is 0.0780. The van der Waals surface area contributed by atoms with Crippen molar-refractivity contribution in [3.8, 4) is 12.3 Å². The molecule has 0 radical (unpaired) electrons. The number of nitrogens with zero attached hydrogens (tertiary/aromatic N) is 1. The molecule has 5 amide bonds. The third-order valence-electron chi connectivity index (χ3n) is 10.5. The largest absolute Gasteiger partial charge is 0.468 e. The number of thioether (sulfide) groups is 1. The van der Waals surface area contributed by atoms with Gasteiger partial charge in [-0.2, -0.15) is 11.8 Å². The molecule has 4 aliphatic rings. The number of terminal acetylenes is 1. The molecule has 5 atom stereocenters. The Hall–Kier alpha value is -3.72. The minimum Gasteiger partial charge on any atom is -0.468 e. The minimum atomic E-state index is -1.15. The zero-order chi connectivity index (χ0) is 36.0. The number of carbonyl (C=O) groups excluding carboxylic acids is 5. The second-order valence-corrected chi connectivity index (χ2v) is 16.3. The van der Waals surface area contributed by atoms with Crippen LogP contribution in [0.15, 0.2) is 35.5 Å². The highest BCUT2D eigenvalue weighted by Crippen LogP contribution is 2.59. The Morgan fingerprint density at radius 2 is 1.88 bits per heavy atom. The second kappa shape index (κ2) is 15.9. The lowest BCUT2D eigenvalue weighted by Gasteiger charge is -2.45. The standard InChI is InChI=1S/C37H53N5O6S/c1-8-10-16-26(29(43)32(45)38-19-9-2)39-31(44)28-25-21-27(36(25,6)7)42(28)33(46)30(35(3,4)5)40-34(47)41-37(17-12-11-13-18-37)23-49-22-24-15-14-20-48-24/h1,9,14-15,20,25-28,30H,2,10-13,16-19,21-23H2,3-7H3,(H,38,45)(H,39,44)(H2,40,41,47)/t25?,26?,27?,28?,30-/m1/s1. The number of hydrogen-bond donors (Lipinski definition) is 4. The van der Waals surface area contributed by atoms with Crippen molar-refractivity contribution in [3.05, 3.63) is 36.8 Å². The van der Waals surface area contributed by atoms with Gasteiger partial charge >= 0.3 is 6.03 Å². The zero-order valence-electron chi connectivity index (χ0n) is 29.6. The highest BCUT2D eigenvalue weighted by Gasteiger charge is 2.67. The number of hydrogen-bond acceptors (Lipinski definition) is 7. The first kappa shape index (κ1) is 38.1. The van der Waals surface area contributed by atoms with E-state index in [0.29, 0.717) is 17.9 Å². The van der Waals surface area contributed by atoms with Crippen LogP contribution in [0.3, 0.4) is 0 Å². The van der Waals surface area contributed by atoms with E-state index in [9.17, 15) is 24.0 Å². The van der Waals surface area contributed by atoms with Gasteiger partial charge in [0.05, 0.1) is 23.6 Å².